The molecule has 0 heterocycles. The van der Waals surface area contributed by atoms with Crippen molar-refractivity contribution in [3.63, 3.8) is 0 Å². The molecule has 0 spiro atoms. The largest absolute Gasteiger partial charge is 0.383 e. The second-order valence-corrected chi connectivity index (χ2v) is 4.29. The Bertz CT molecular complexity index is 217. The van der Waals surface area contributed by atoms with Crippen LogP contribution >= 0.6 is 0 Å². The van der Waals surface area contributed by atoms with Gasteiger partial charge in [0.25, 0.3) is 0 Å². The van der Waals surface area contributed by atoms with E-state index in [9.17, 15) is 0 Å². The molecule has 1 unspecified atom stereocenters. The van der Waals surface area contributed by atoms with Gasteiger partial charge in [0.15, 0.2) is 5.96 Å². The summed E-state index contributed by atoms with van der Waals surface area (Å²) in [5, 5.41) is 6.57. The van der Waals surface area contributed by atoms with Gasteiger partial charge in [0, 0.05) is 26.2 Å². The molecule has 0 aromatic rings. The maximum Gasteiger partial charge on any atom is 0.191 e. The fraction of sp³-hybridized carbons (Fsp3) is 0.923. The molecular formula is C13H30N4O. The van der Waals surface area contributed by atoms with Gasteiger partial charge in [0.1, 0.15) is 0 Å². The Morgan fingerprint density at radius 2 is 1.94 bits per heavy atom. The number of likely N-dealkylation sites (N-methyl/N-ethyl adjacent to an activating group) is 1. The number of hydrogen-bond donors (Lipinski definition) is 2. The van der Waals surface area contributed by atoms with Crippen LogP contribution in [0.2, 0.25) is 0 Å². The van der Waals surface area contributed by atoms with Crippen molar-refractivity contribution in [3.05, 3.63) is 0 Å². The fourth-order valence-corrected chi connectivity index (χ4v) is 1.69. The lowest BCUT2D eigenvalue weighted by Gasteiger charge is -2.19. The van der Waals surface area contributed by atoms with E-state index in [0.29, 0.717) is 6.61 Å². The third kappa shape index (κ3) is 8.31. The van der Waals surface area contributed by atoms with Gasteiger partial charge in [-0.25, -0.2) is 0 Å². The second-order valence-electron chi connectivity index (χ2n) is 4.29. The maximum absolute atomic E-state index is 5.11. The normalized spacial score (nSPS) is 13.8. The molecule has 5 nitrogen and oxygen atoms in total. The lowest BCUT2D eigenvalue weighted by Crippen LogP contribution is -2.44. The SMILES string of the molecule is CCNC(=NCCN(CC)CC)NC(C)COC. The van der Waals surface area contributed by atoms with Gasteiger partial charge in [0.2, 0.25) is 0 Å². The highest BCUT2D eigenvalue weighted by Crippen LogP contribution is 1.88. The number of methoxy groups -OCH3 is 1. The van der Waals surface area contributed by atoms with Gasteiger partial charge in [0.05, 0.1) is 13.2 Å². The number of guanidine groups is 1. The molecule has 0 radical (unpaired) electrons. The maximum atomic E-state index is 5.11. The molecule has 0 aromatic heterocycles. The van der Waals surface area contributed by atoms with Crippen LogP contribution in [0, 0.1) is 0 Å². The second kappa shape index (κ2) is 11.3. The third-order valence-electron chi connectivity index (χ3n) is 2.72. The van der Waals surface area contributed by atoms with Crippen LogP contribution in [0.15, 0.2) is 4.99 Å². The summed E-state index contributed by atoms with van der Waals surface area (Å²) < 4.78 is 5.11. The van der Waals surface area contributed by atoms with E-state index in [4.69, 9.17) is 4.74 Å². The van der Waals surface area contributed by atoms with Gasteiger partial charge < -0.3 is 20.3 Å². The topological polar surface area (TPSA) is 48.9 Å². The predicted molar refractivity (Wildman–Crippen MR) is 78.2 cm³/mol. The highest BCUT2D eigenvalue weighted by Gasteiger charge is 2.04. The molecule has 0 aliphatic rings. The Labute approximate surface area is 112 Å². The lowest BCUT2D eigenvalue weighted by atomic mass is 10.4. The Morgan fingerprint density at radius 3 is 2.44 bits per heavy atom. The van der Waals surface area contributed by atoms with E-state index in [1.165, 1.54) is 0 Å². The van der Waals surface area contributed by atoms with E-state index < -0.39 is 0 Å². The average molecular weight is 258 g/mol. The molecule has 0 aliphatic heterocycles. The smallest absolute Gasteiger partial charge is 0.191 e. The van der Waals surface area contributed by atoms with Crippen molar-refractivity contribution in [1.82, 2.24) is 15.5 Å². The average Bonchev–Trinajstić information content (AvgIpc) is 2.35. The van der Waals surface area contributed by atoms with Crippen LogP contribution in [0.1, 0.15) is 27.7 Å². The summed E-state index contributed by atoms with van der Waals surface area (Å²) in [6, 6.07) is 0.265. The van der Waals surface area contributed by atoms with Crippen molar-refractivity contribution in [2.75, 3.05) is 46.4 Å². The number of nitrogens with zero attached hydrogens (tertiary/aromatic N) is 2. The molecule has 0 rings (SSSR count). The Hall–Kier alpha value is -0.810. The minimum absolute atomic E-state index is 0.265. The summed E-state index contributed by atoms with van der Waals surface area (Å²) in [4.78, 5) is 6.94. The van der Waals surface area contributed by atoms with Crippen LogP contribution in [0.3, 0.4) is 0 Å². The van der Waals surface area contributed by atoms with Crippen LogP contribution in [0.4, 0.5) is 0 Å². The molecule has 1 atom stereocenters. The van der Waals surface area contributed by atoms with Crippen LogP contribution < -0.4 is 10.6 Å². The van der Waals surface area contributed by atoms with Crippen LogP contribution in [0.5, 0.6) is 0 Å². The van der Waals surface area contributed by atoms with Crippen LogP contribution in [0.25, 0.3) is 0 Å². The van der Waals surface area contributed by atoms with E-state index in [0.717, 1.165) is 38.7 Å². The van der Waals surface area contributed by atoms with E-state index in [1.807, 2.05) is 0 Å². The van der Waals surface area contributed by atoms with Crippen molar-refractivity contribution in [3.8, 4) is 0 Å². The summed E-state index contributed by atoms with van der Waals surface area (Å²) in [6.07, 6.45) is 0. The molecule has 2 N–H and O–H groups in total. The van der Waals surface area contributed by atoms with Crippen LogP contribution in [-0.2, 0) is 4.74 Å². The first-order valence-electron chi connectivity index (χ1n) is 6.93. The summed E-state index contributed by atoms with van der Waals surface area (Å²) in [6.45, 7) is 14.0. The fourth-order valence-electron chi connectivity index (χ4n) is 1.69. The molecule has 0 amide bonds. The zero-order chi connectivity index (χ0) is 13.8. The number of hydrogen-bond acceptors (Lipinski definition) is 3. The van der Waals surface area contributed by atoms with Crippen molar-refractivity contribution < 1.29 is 4.74 Å². The predicted octanol–water partition coefficient (Wildman–Crippen LogP) is 0.918. The van der Waals surface area contributed by atoms with E-state index in [-0.39, 0.29) is 6.04 Å². The monoisotopic (exact) mass is 258 g/mol. The highest BCUT2D eigenvalue weighted by atomic mass is 16.5. The summed E-state index contributed by atoms with van der Waals surface area (Å²) in [5.74, 6) is 0.870. The number of nitrogens with one attached hydrogen (secondary N) is 2. The first-order valence-corrected chi connectivity index (χ1v) is 6.93. The lowest BCUT2D eigenvalue weighted by molar-refractivity contribution is 0.179. The zero-order valence-corrected chi connectivity index (χ0v) is 12.6. The molecule has 0 aliphatic carbocycles. The van der Waals surface area contributed by atoms with Gasteiger partial charge in [-0.15, -0.1) is 0 Å². The van der Waals surface area contributed by atoms with Gasteiger partial charge in [-0.3, -0.25) is 4.99 Å². The van der Waals surface area contributed by atoms with Crippen molar-refractivity contribution >= 4 is 5.96 Å². The van der Waals surface area contributed by atoms with Gasteiger partial charge >= 0.3 is 0 Å². The molecule has 5 heteroatoms. The summed E-state index contributed by atoms with van der Waals surface area (Å²) in [7, 11) is 1.71. The van der Waals surface area contributed by atoms with E-state index >= 15 is 0 Å². The zero-order valence-electron chi connectivity index (χ0n) is 12.6. The third-order valence-corrected chi connectivity index (χ3v) is 2.72. The number of ether oxygens (including phenoxy) is 1. The molecular weight excluding hydrogens is 228 g/mol. The quantitative estimate of drug-likeness (QED) is 0.477. The molecule has 0 saturated carbocycles. The van der Waals surface area contributed by atoms with Gasteiger partial charge in [-0.1, -0.05) is 13.8 Å². The summed E-state index contributed by atoms with van der Waals surface area (Å²) >= 11 is 0. The minimum Gasteiger partial charge on any atom is -0.383 e. The van der Waals surface area contributed by atoms with Crippen LogP contribution in [-0.4, -0.2) is 63.3 Å². The molecule has 18 heavy (non-hydrogen) atoms. The molecule has 0 fully saturated rings. The molecule has 0 saturated heterocycles. The van der Waals surface area contributed by atoms with Gasteiger partial charge in [-0.05, 0) is 26.9 Å². The van der Waals surface area contributed by atoms with E-state index in [1.54, 1.807) is 7.11 Å². The Kier molecular flexibility index (Phi) is 10.8. The van der Waals surface area contributed by atoms with Crippen molar-refractivity contribution in [2.45, 2.75) is 33.7 Å². The molecule has 108 valence electrons. The Morgan fingerprint density at radius 1 is 1.28 bits per heavy atom. The first kappa shape index (κ1) is 17.2. The number of rotatable bonds is 9. The standard InChI is InChI=1S/C13H30N4O/c1-6-14-13(16-12(4)11-18-5)15-9-10-17(7-2)8-3/h12H,6-11H2,1-5H3,(H2,14,15,16). The van der Waals surface area contributed by atoms with Gasteiger partial charge in [-0.2, -0.15) is 0 Å². The van der Waals surface area contributed by atoms with Crippen molar-refractivity contribution in [2.24, 2.45) is 4.99 Å². The molecule has 0 bridgehead atoms. The Balaban J connectivity index is 4.13. The summed E-state index contributed by atoms with van der Waals surface area (Å²) in [5.41, 5.74) is 0. The highest BCUT2D eigenvalue weighted by molar-refractivity contribution is 5.80. The number of aliphatic imine (C=N–C) groups is 1. The minimum atomic E-state index is 0.265. The first-order chi connectivity index (χ1) is 8.67. The van der Waals surface area contributed by atoms with Crippen molar-refractivity contribution in [1.29, 1.82) is 0 Å². The molecule has 0 aromatic carbocycles. The van der Waals surface area contributed by atoms with E-state index in [2.05, 4.69) is 48.2 Å².